The van der Waals surface area contributed by atoms with Gasteiger partial charge in [0.25, 0.3) is 0 Å². The zero-order valence-corrected chi connectivity index (χ0v) is 11.4. The molecule has 1 heterocycles. The number of rotatable bonds is 5. The van der Waals surface area contributed by atoms with Crippen molar-refractivity contribution in [2.75, 3.05) is 17.6 Å². The number of nitriles is 1. The minimum Gasteiger partial charge on any atom is -0.439 e. The first-order valence-electron chi connectivity index (χ1n) is 6.38. The summed E-state index contributed by atoms with van der Waals surface area (Å²) in [5.41, 5.74) is 5.55. The fraction of sp³-hybridized carbons (Fsp3) is 0.214. The highest BCUT2D eigenvalue weighted by molar-refractivity contribution is 5.44. The molecule has 21 heavy (non-hydrogen) atoms. The molecule has 2 rings (SSSR count). The van der Waals surface area contributed by atoms with Crippen LogP contribution >= 0.6 is 0 Å². The van der Waals surface area contributed by atoms with Crippen molar-refractivity contribution in [1.82, 2.24) is 9.97 Å². The van der Waals surface area contributed by atoms with E-state index in [0.29, 0.717) is 5.82 Å². The highest BCUT2D eigenvalue weighted by Crippen LogP contribution is 2.24. The Morgan fingerprint density at radius 3 is 2.86 bits per heavy atom. The molecule has 7 heteroatoms. The normalized spacial score (nSPS) is 9.95. The van der Waals surface area contributed by atoms with Crippen molar-refractivity contribution in [1.29, 1.82) is 5.26 Å². The molecule has 0 fully saturated rings. The lowest BCUT2D eigenvalue weighted by molar-refractivity contribution is 0.458. The first-order valence-corrected chi connectivity index (χ1v) is 6.38. The van der Waals surface area contributed by atoms with Gasteiger partial charge in [0.05, 0.1) is 5.56 Å². The average molecular weight is 287 g/mol. The van der Waals surface area contributed by atoms with Crippen LogP contribution in [0.25, 0.3) is 0 Å². The summed E-state index contributed by atoms with van der Waals surface area (Å²) in [7, 11) is 0. The fourth-order valence-corrected chi connectivity index (χ4v) is 1.61. The van der Waals surface area contributed by atoms with E-state index >= 15 is 0 Å². The Bertz CT molecular complexity index is 684. The van der Waals surface area contributed by atoms with Crippen LogP contribution in [0, 0.1) is 17.1 Å². The maximum atomic E-state index is 13.5. The van der Waals surface area contributed by atoms with Crippen LogP contribution in [0.5, 0.6) is 11.6 Å². The molecule has 0 saturated carbocycles. The van der Waals surface area contributed by atoms with Crippen LogP contribution in [0.4, 0.5) is 16.2 Å². The van der Waals surface area contributed by atoms with E-state index in [2.05, 4.69) is 15.3 Å². The predicted molar refractivity (Wildman–Crippen MR) is 76.4 cm³/mol. The third-order valence-corrected chi connectivity index (χ3v) is 2.56. The summed E-state index contributed by atoms with van der Waals surface area (Å²) in [5.74, 6) is 0.367. The van der Waals surface area contributed by atoms with Gasteiger partial charge in [0, 0.05) is 18.7 Å². The van der Waals surface area contributed by atoms with Crippen LogP contribution < -0.4 is 15.8 Å². The number of aromatic nitrogens is 2. The van der Waals surface area contributed by atoms with Crippen molar-refractivity contribution in [3.8, 4) is 17.7 Å². The van der Waals surface area contributed by atoms with Gasteiger partial charge >= 0.3 is 0 Å². The molecule has 0 aliphatic heterocycles. The number of ether oxygens (including phenoxy) is 1. The van der Waals surface area contributed by atoms with Gasteiger partial charge in [-0.3, -0.25) is 0 Å². The van der Waals surface area contributed by atoms with E-state index in [9.17, 15) is 4.39 Å². The molecule has 6 nitrogen and oxygen atoms in total. The summed E-state index contributed by atoms with van der Waals surface area (Å²) in [5, 5.41) is 11.7. The summed E-state index contributed by atoms with van der Waals surface area (Å²) >= 11 is 0. The second-order valence-corrected chi connectivity index (χ2v) is 4.23. The van der Waals surface area contributed by atoms with Crippen molar-refractivity contribution in [3.63, 3.8) is 0 Å². The number of hydrogen-bond donors (Lipinski definition) is 2. The second kappa shape index (κ2) is 6.52. The summed E-state index contributed by atoms with van der Waals surface area (Å²) in [6, 6.07) is 7.26. The third-order valence-electron chi connectivity index (χ3n) is 2.56. The monoisotopic (exact) mass is 287 g/mol. The average Bonchev–Trinajstić information content (AvgIpc) is 2.45. The van der Waals surface area contributed by atoms with E-state index in [-0.39, 0.29) is 23.1 Å². The van der Waals surface area contributed by atoms with Crippen LogP contribution in [-0.2, 0) is 0 Å². The van der Waals surface area contributed by atoms with Crippen LogP contribution in [0.15, 0.2) is 24.3 Å². The van der Waals surface area contributed by atoms with E-state index < -0.39 is 5.82 Å². The van der Waals surface area contributed by atoms with Gasteiger partial charge in [0.15, 0.2) is 0 Å². The SMILES string of the molecule is CCCNc1cc(Oc2ccc(C#N)c(F)c2)nc(N)n1. The van der Waals surface area contributed by atoms with E-state index in [0.717, 1.165) is 19.0 Å². The Morgan fingerprint density at radius 1 is 1.38 bits per heavy atom. The highest BCUT2D eigenvalue weighted by atomic mass is 19.1. The lowest BCUT2D eigenvalue weighted by atomic mass is 10.2. The van der Waals surface area contributed by atoms with Gasteiger partial charge in [-0.15, -0.1) is 0 Å². The maximum absolute atomic E-state index is 13.5. The largest absolute Gasteiger partial charge is 0.439 e. The van der Waals surface area contributed by atoms with Gasteiger partial charge in [-0.2, -0.15) is 15.2 Å². The van der Waals surface area contributed by atoms with Crippen LogP contribution in [-0.4, -0.2) is 16.5 Å². The zero-order valence-electron chi connectivity index (χ0n) is 11.4. The molecular weight excluding hydrogens is 273 g/mol. The molecule has 0 saturated heterocycles. The van der Waals surface area contributed by atoms with E-state index in [1.165, 1.54) is 12.1 Å². The molecule has 0 aliphatic carbocycles. The minimum absolute atomic E-state index is 0.0464. The van der Waals surface area contributed by atoms with Gasteiger partial charge in [-0.25, -0.2) is 4.39 Å². The number of anilines is 2. The Labute approximate surface area is 121 Å². The molecule has 0 radical (unpaired) electrons. The Morgan fingerprint density at radius 2 is 2.19 bits per heavy atom. The van der Waals surface area contributed by atoms with Crippen LogP contribution in [0.2, 0.25) is 0 Å². The van der Waals surface area contributed by atoms with Crippen molar-refractivity contribution >= 4 is 11.8 Å². The molecule has 0 spiro atoms. The number of nitrogens with two attached hydrogens (primary N) is 1. The fourth-order valence-electron chi connectivity index (χ4n) is 1.61. The molecule has 0 atom stereocenters. The lowest BCUT2D eigenvalue weighted by Crippen LogP contribution is -2.05. The maximum Gasteiger partial charge on any atom is 0.226 e. The summed E-state index contributed by atoms with van der Waals surface area (Å²) in [6.45, 7) is 2.76. The third kappa shape index (κ3) is 3.79. The van der Waals surface area contributed by atoms with Gasteiger partial charge in [0.2, 0.25) is 11.8 Å². The number of nitrogens with one attached hydrogen (secondary N) is 1. The molecule has 108 valence electrons. The van der Waals surface area contributed by atoms with Gasteiger partial charge in [-0.1, -0.05) is 6.92 Å². The Balaban J connectivity index is 2.21. The van der Waals surface area contributed by atoms with Crippen molar-refractivity contribution < 1.29 is 9.13 Å². The van der Waals surface area contributed by atoms with Gasteiger partial charge in [0.1, 0.15) is 23.5 Å². The number of nitrogen functional groups attached to an aromatic ring is 1. The molecular formula is C14H14FN5O. The summed E-state index contributed by atoms with van der Waals surface area (Å²) < 4.78 is 18.9. The molecule has 2 aromatic rings. The first kappa shape index (κ1) is 14.5. The molecule has 0 bridgehead atoms. The van der Waals surface area contributed by atoms with Gasteiger partial charge in [-0.05, 0) is 18.6 Å². The zero-order chi connectivity index (χ0) is 15.2. The quantitative estimate of drug-likeness (QED) is 0.877. The van der Waals surface area contributed by atoms with Crippen molar-refractivity contribution in [2.24, 2.45) is 0 Å². The molecule has 0 amide bonds. The van der Waals surface area contributed by atoms with E-state index in [4.69, 9.17) is 15.7 Å². The first-order chi connectivity index (χ1) is 10.1. The predicted octanol–water partition coefficient (Wildman–Crippen LogP) is 2.68. The Kier molecular flexibility index (Phi) is 4.51. The number of benzene rings is 1. The van der Waals surface area contributed by atoms with E-state index in [1.807, 2.05) is 6.92 Å². The summed E-state index contributed by atoms with van der Waals surface area (Å²) in [6.07, 6.45) is 0.931. The number of hydrogen-bond acceptors (Lipinski definition) is 6. The Hall–Kier alpha value is -2.88. The van der Waals surface area contributed by atoms with E-state index in [1.54, 1.807) is 12.1 Å². The van der Waals surface area contributed by atoms with Crippen LogP contribution in [0.1, 0.15) is 18.9 Å². The van der Waals surface area contributed by atoms with Gasteiger partial charge < -0.3 is 15.8 Å². The number of halogens is 1. The highest BCUT2D eigenvalue weighted by Gasteiger charge is 2.07. The molecule has 3 N–H and O–H groups in total. The topological polar surface area (TPSA) is 96.8 Å². The van der Waals surface area contributed by atoms with Crippen molar-refractivity contribution in [3.05, 3.63) is 35.6 Å². The standard InChI is InChI=1S/C14H14FN5O/c1-2-5-18-12-7-13(20-14(17)19-12)21-10-4-3-9(8-16)11(15)6-10/h3-4,6-7H,2,5H2,1H3,(H3,17,18,19,20). The van der Waals surface area contributed by atoms with Crippen LogP contribution in [0.3, 0.4) is 0 Å². The lowest BCUT2D eigenvalue weighted by Gasteiger charge is -2.09. The minimum atomic E-state index is -0.652. The van der Waals surface area contributed by atoms with Crippen molar-refractivity contribution in [2.45, 2.75) is 13.3 Å². The molecule has 0 unspecified atom stereocenters. The number of nitrogens with zero attached hydrogens (tertiary/aromatic N) is 3. The molecule has 0 aliphatic rings. The smallest absolute Gasteiger partial charge is 0.226 e. The second-order valence-electron chi connectivity index (χ2n) is 4.23. The molecule has 1 aromatic carbocycles. The molecule has 1 aromatic heterocycles. The summed E-state index contributed by atoms with van der Waals surface area (Å²) in [4.78, 5) is 7.94.